The van der Waals surface area contributed by atoms with Gasteiger partial charge in [-0.2, -0.15) is 0 Å². The molecule has 0 saturated carbocycles. The molecule has 1 aromatic rings. The van der Waals surface area contributed by atoms with Gasteiger partial charge >= 0.3 is 0 Å². The van der Waals surface area contributed by atoms with Crippen molar-refractivity contribution in [2.75, 3.05) is 0 Å². The number of aliphatic hydroxyl groups excluding tert-OH is 1. The summed E-state index contributed by atoms with van der Waals surface area (Å²) in [4.78, 5) is 2.48. The topological polar surface area (TPSA) is 20.2 Å². The van der Waals surface area contributed by atoms with Crippen LogP contribution in [0.4, 0.5) is 0 Å². The highest BCUT2D eigenvalue weighted by atomic mass is 32.1. The predicted molar refractivity (Wildman–Crippen MR) is 58.1 cm³/mol. The van der Waals surface area contributed by atoms with Crippen molar-refractivity contribution in [3.05, 3.63) is 21.9 Å². The Hall–Kier alpha value is -0.340. The van der Waals surface area contributed by atoms with E-state index in [-0.39, 0.29) is 6.10 Å². The molecule has 2 atom stereocenters. The number of hydrogen-bond donors (Lipinski definition) is 1. The molecule has 13 heavy (non-hydrogen) atoms. The SMILES string of the molecule is CCc1ccc(C(O)C(C)CC)s1. The first-order chi connectivity index (χ1) is 6.19. The van der Waals surface area contributed by atoms with Crippen LogP contribution in [0.15, 0.2) is 12.1 Å². The first kappa shape index (κ1) is 10.7. The van der Waals surface area contributed by atoms with E-state index in [0.717, 1.165) is 17.7 Å². The molecule has 0 saturated heterocycles. The summed E-state index contributed by atoms with van der Waals surface area (Å²) in [7, 11) is 0. The highest BCUT2D eigenvalue weighted by Crippen LogP contribution is 2.29. The zero-order valence-corrected chi connectivity index (χ0v) is 9.40. The number of aliphatic hydroxyl groups is 1. The third-order valence-corrected chi connectivity index (χ3v) is 3.81. The van der Waals surface area contributed by atoms with Gasteiger partial charge in [0.15, 0.2) is 0 Å². The Morgan fingerprint density at radius 1 is 1.38 bits per heavy atom. The van der Waals surface area contributed by atoms with Gasteiger partial charge in [-0.1, -0.05) is 27.2 Å². The average Bonchev–Trinajstić information content (AvgIpc) is 2.63. The second kappa shape index (κ2) is 4.77. The average molecular weight is 198 g/mol. The molecule has 1 rings (SSSR count). The van der Waals surface area contributed by atoms with Gasteiger partial charge in [0.2, 0.25) is 0 Å². The van der Waals surface area contributed by atoms with E-state index in [1.165, 1.54) is 4.88 Å². The molecule has 1 nitrogen and oxygen atoms in total. The molecular weight excluding hydrogens is 180 g/mol. The maximum atomic E-state index is 9.91. The van der Waals surface area contributed by atoms with Gasteiger partial charge in [0.25, 0.3) is 0 Å². The van der Waals surface area contributed by atoms with Gasteiger partial charge in [-0.15, -0.1) is 11.3 Å². The molecule has 74 valence electrons. The normalized spacial score (nSPS) is 15.7. The molecule has 0 fully saturated rings. The standard InChI is InChI=1S/C11H18OS/c1-4-8(3)11(12)10-7-6-9(5-2)13-10/h6-8,11-12H,4-5H2,1-3H3. The third-order valence-electron chi connectivity index (χ3n) is 2.51. The van der Waals surface area contributed by atoms with Crippen molar-refractivity contribution in [1.82, 2.24) is 0 Å². The monoisotopic (exact) mass is 198 g/mol. The van der Waals surface area contributed by atoms with Crippen LogP contribution in [-0.4, -0.2) is 5.11 Å². The van der Waals surface area contributed by atoms with Crippen LogP contribution >= 0.6 is 11.3 Å². The van der Waals surface area contributed by atoms with E-state index < -0.39 is 0 Å². The lowest BCUT2D eigenvalue weighted by molar-refractivity contribution is 0.119. The van der Waals surface area contributed by atoms with Crippen LogP contribution < -0.4 is 0 Å². The number of hydrogen-bond acceptors (Lipinski definition) is 2. The third kappa shape index (κ3) is 2.55. The highest BCUT2D eigenvalue weighted by Gasteiger charge is 2.15. The molecule has 0 amide bonds. The van der Waals surface area contributed by atoms with Gasteiger partial charge in [0, 0.05) is 9.75 Å². The van der Waals surface area contributed by atoms with E-state index in [0.29, 0.717) is 5.92 Å². The molecular formula is C11H18OS. The summed E-state index contributed by atoms with van der Waals surface area (Å²) in [5.41, 5.74) is 0. The first-order valence-electron chi connectivity index (χ1n) is 4.95. The molecule has 0 radical (unpaired) electrons. The van der Waals surface area contributed by atoms with Crippen LogP contribution in [0.5, 0.6) is 0 Å². The van der Waals surface area contributed by atoms with Crippen molar-refractivity contribution in [3.63, 3.8) is 0 Å². The number of aryl methyl sites for hydroxylation is 1. The minimum Gasteiger partial charge on any atom is -0.387 e. The summed E-state index contributed by atoms with van der Waals surface area (Å²) in [6.07, 6.45) is 1.83. The summed E-state index contributed by atoms with van der Waals surface area (Å²) < 4.78 is 0. The van der Waals surface area contributed by atoms with Crippen LogP contribution in [0.25, 0.3) is 0 Å². The highest BCUT2D eigenvalue weighted by molar-refractivity contribution is 7.12. The number of thiophene rings is 1. The van der Waals surface area contributed by atoms with Crippen LogP contribution in [0.1, 0.15) is 43.1 Å². The molecule has 1 N–H and O–H groups in total. The Kier molecular flexibility index (Phi) is 3.94. The molecule has 0 aliphatic heterocycles. The van der Waals surface area contributed by atoms with E-state index in [9.17, 15) is 5.11 Å². The Labute approximate surface area is 84.4 Å². The molecule has 1 aromatic heterocycles. The van der Waals surface area contributed by atoms with Crippen molar-refractivity contribution in [1.29, 1.82) is 0 Å². The Morgan fingerprint density at radius 3 is 2.54 bits per heavy atom. The number of rotatable bonds is 4. The zero-order valence-electron chi connectivity index (χ0n) is 8.58. The van der Waals surface area contributed by atoms with Gasteiger partial charge in [0.05, 0.1) is 6.10 Å². The van der Waals surface area contributed by atoms with E-state index in [2.05, 4.69) is 32.9 Å². The van der Waals surface area contributed by atoms with E-state index >= 15 is 0 Å². The Morgan fingerprint density at radius 2 is 2.08 bits per heavy atom. The van der Waals surface area contributed by atoms with Gasteiger partial charge < -0.3 is 5.11 Å². The summed E-state index contributed by atoms with van der Waals surface area (Å²) in [5.74, 6) is 0.364. The first-order valence-corrected chi connectivity index (χ1v) is 5.77. The van der Waals surface area contributed by atoms with E-state index in [4.69, 9.17) is 0 Å². The van der Waals surface area contributed by atoms with Gasteiger partial charge in [-0.25, -0.2) is 0 Å². The minimum absolute atomic E-state index is 0.268. The van der Waals surface area contributed by atoms with Crippen molar-refractivity contribution < 1.29 is 5.11 Å². The summed E-state index contributed by atoms with van der Waals surface area (Å²) >= 11 is 1.73. The second-order valence-electron chi connectivity index (χ2n) is 3.49. The van der Waals surface area contributed by atoms with E-state index in [1.807, 2.05) is 0 Å². The van der Waals surface area contributed by atoms with Crippen LogP contribution in [0, 0.1) is 5.92 Å². The van der Waals surface area contributed by atoms with Gasteiger partial charge in [0.1, 0.15) is 0 Å². The molecule has 0 aliphatic rings. The Bertz CT molecular complexity index is 254. The molecule has 2 unspecified atom stereocenters. The van der Waals surface area contributed by atoms with Crippen LogP contribution in [0.3, 0.4) is 0 Å². The molecule has 0 bridgehead atoms. The van der Waals surface area contributed by atoms with E-state index in [1.54, 1.807) is 11.3 Å². The van der Waals surface area contributed by atoms with Crippen molar-refractivity contribution in [3.8, 4) is 0 Å². The second-order valence-corrected chi connectivity index (χ2v) is 4.69. The molecule has 1 heterocycles. The smallest absolute Gasteiger partial charge is 0.0907 e. The van der Waals surface area contributed by atoms with Gasteiger partial charge in [-0.3, -0.25) is 0 Å². The fourth-order valence-electron chi connectivity index (χ4n) is 1.25. The van der Waals surface area contributed by atoms with Crippen molar-refractivity contribution >= 4 is 11.3 Å². The van der Waals surface area contributed by atoms with Crippen LogP contribution in [0.2, 0.25) is 0 Å². The molecule has 0 aliphatic carbocycles. The maximum absolute atomic E-state index is 9.91. The lowest BCUT2D eigenvalue weighted by Gasteiger charge is -2.14. The molecule has 0 spiro atoms. The lowest BCUT2D eigenvalue weighted by Crippen LogP contribution is -2.05. The lowest BCUT2D eigenvalue weighted by atomic mass is 10.0. The molecule has 0 aromatic carbocycles. The Balaban J connectivity index is 2.70. The van der Waals surface area contributed by atoms with Crippen LogP contribution in [-0.2, 0) is 6.42 Å². The summed E-state index contributed by atoms with van der Waals surface area (Å²) in [6, 6.07) is 4.17. The quantitative estimate of drug-likeness (QED) is 0.786. The predicted octanol–water partition coefficient (Wildman–Crippen LogP) is 3.39. The fraction of sp³-hybridized carbons (Fsp3) is 0.636. The van der Waals surface area contributed by atoms with Gasteiger partial charge in [-0.05, 0) is 24.5 Å². The van der Waals surface area contributed by atoms with Crippen molar-refractivity contribution in [2.45, 2.75) is 39.7 Å². The minimum atomic E-state index is -0.268. The zero-order chi connectivity index (χ0) is 9.84. The summed E-state index contributed by atoms with van der Waals surface area (Å²) in [6.45, 7) is 6.35. The molecule has 2 heteroatoms. The fourth-order valence-corrected chi connectivity index (χ4v) is 2.32. The summed E-state index contributed by atoms with van der Waals surface area (Å²) in [5, 5.41) is 9.91. The maximum Gasteiger partial charge on any atom is 0.0907 e. The van der Waals surface area contributed by atoms with Crippen molar-refractivity contribution in [2.24, 2.45) is 5.92 Å². The largest absolute Gasteiger partial charge is 0.387 e.